The summed E-state index contributed by atoms with van der Waals surface area (Å²) in [6, 6.07) is 11.7. The van der Waals surface area contributed by atoms with Crippen LogP contribution in [-0.4, -0.2) is 44.0 Å². The maximum atomic E-state index is 13.4. The molecule has 6 heteroatoms. The van der Waals surface area contributed by atoms with Crippen LogP contribution in [-0.2, 0) is 21.4 Å². The van der Waals surface area contributed by atoms with Crippen molar-refractivity contribution in [3.05, 3.63) is 59.4 Å². The fraction of sp³-hybridized carbons (Fsp3) is 0.333. The van der Waals surface area contributed by atoms with Gasteiger partial charge in [-0.1, -0.05) is 12.1 Å². The summed E-state index contributed by atoms with van der Waals surface area (Å²) in [5.41, 5.74) is 1.68. The van der Waals surface area contributed by atoms with Gasteiger partial charge in [-0.3, -0.25) is 9.59 Å². The Bertz CT molecular complexity index is 929. The van der Waals surface area contributed by atoms with E-state index >= 15 is 0 Å². The van der Waals surface area contributed by atoms with E-state index in [-0.39, 0.29) is 24.1 Å². The van der Waals surface area contributed by atoms with E-state index in [4.69, 9.17) is 4.74 Å². The van der Waals surface area contributed by atoms with Crippen LogP contribution in [0.5, 0.6) is 5.75 Å². The minimum Gasteiger partial charge on any atom is -0.497 e. The van der Waals surface area contributed by atoms with Crippen LogP contribution >= 0.6 is 0 Å². The summed E-state index contributed by atoms with van der Waals surface area (Å²) in [5.74, 6) is 0.253. The number of anilines is 1. The highest BCUT2D eigenvalue weighted by atomic mass is 19.1. The third-order valence-electron chi connectivity index (χ3n) is 5.66. The van der Waals surface area contributed by atoms with E-state index in [2.05, 4.69) is 0 Å². The minimum atomic E-state index is -0.726. The van der Waals surface area contributed by atoms with Gasteiger partial charge >= 0.3 is 0 Å². The maximum absolute atomic E-state index is 13.4. The molecule has 140 valence electrons. The van der Waals surface area contributed by atoms with Crippen molar-refractivity contribution in [3.8, 4) is 5.75 Å². The summed E-state index contributed by atoms with van der Waals surface area (Å²) in [6.45, 7) is 0.842. The number of likely N-dealkylation sites (N-methyl/N-ethyl adjacent to an activating group) is 1. The average Bonchev–Trinajstić information content (AvgIpc) is 3.20. The van der Waals surface area contributed by atoms with Crippen molar-refractivity contribution in [1.29, 1.82) is 0 Å². The van der Waals surface area contributed by atoms with Gasteiger partial charge < -0.3 is 14.5 Å². The number of hydrogen-bond acceptors (Lipinski definition) is 3. The van der Waals surface area contributed by atoms with Gasteiger partial charge in [0.2, 0.25) is 11.8 Å². The van der Waals surface area contributed by atoms with Crippen molar-refractivity contribution >= 4 is 17.5 Å². The summed E-state index contributed by atoms with van der Waals surface area (Å²) in [5, 5.41) is 0. The molecule has 27 heavy (non-hydrogen) atoms. The fourth-order valence-electron chi connectivity index (χ4n) is 4.21. The minimum absolute atomic E-state index is 0.00630. The van der Waals surface area contributed by atoms with Gasteiger partial charge in [-0.05, 0) is 47.9 Å². The Balaban J connectivity index is 1.60. The SMILES string of the molecule is COc1ccc2c(c1)[C@@]1(CCN(C(=O)Cc3cccc(F)c3)C1)C(=O)N2C. The van der Waals surface area contributed by atoms with Crippen molar-refractivity contribution < 1.29 is 18.7 Å². The first-order valence-corrected chi connectivity index (χ1v) is 8.93. The number of halogens is 1. The molecule has 1 fully saturated rings. The molecule has 0 N–H and O–H groups in total. The molecule has 0 aliphatic carbocycles. The fourth-order valence-corrected chi connectivity index (χ4v) is 4.21. The largest absolute Gasteiger partial charge is 0.497 e. The molecule has 2 heterocycles. The Morgan fingerprint density at radius 3 is 2.81 bits per heavy atom. The lowest BCUT2D eigenvalue weighted by molar-refractivity contribution is -0.130. The Labute approximate surface area is 157 Å². The molecule has 4 rings (SSSR count). The molecule has 0 bridgehead atoms. The number of nitrogens with zero attached hydrogens (tertiary/aromatic N) is 2. The molecule has 0 aromatic heterocycles. The topological polar surface area (TPSA) is 49.9 Å². The van der Waals surface area contributed by atoms with E-state index in [1.54, 1.807) is 36.1 Å². The maximum Gasteiger partial charge on any atom is 0.239 e. The van der Waals surface area contributed by atoms with Gasteiger partial charge in [-0.25, -0.2) is 4.39 Å². The predicted octanol–water partition coefficient (Wildman–Crippen LogP) is 2.52. The van der Waals surface area contributed by atoms with Crippen LogP contribution < -0.4 is 9.64 Å². The number of rotatable bonds is 3. The zero-order chi connectivity index (χ0) is 19.2. The number of carbonyl (C=O) groups is 2. The average molecular weight is 368 g/mol. The number of likely N-dealkylation sites (tertiary alicyclic amines) is 1. The van der Waals surface area contributed by atoms with Crippen LogP contribution in [0, 0.1) is 5.82 Å². The predicted molar refractivity (Wildman–Crippen MR) is 99.4 cm³/mol. The Morgan fingerprint density at radius 1 is 1.26 bits per heavy atom. The molecule has 1 atom stereocenters. The molecule has 2 amide bonds. The number of amides is 2. The Kier molecular flexibility index (Phi) is 4.13. The van der Waals surface area contributed by atoms with Crippen LogP contribution in [0.25, 0.3) is 0 Å². The Morgan fingerprint density at radius 2 is 2.07 bits per heavy atom. The molecule has 0 saturated carbocycles. The third-order valence-corrected chi connectivity index (χ3v) is 5.66. The number of ether oxygens (including phenoxy) is 1. The van der Waals surface area contributed by atoms with E-state index < -0.39 is 5.41 Å². The lowest BCUT2D eigenvalue weighted by atomic mass is 9.81. The number of hydrogen-bond donors (Lipinski definition) is 0. The van der Waals surface area contributed by atoms with E-state index in [0.717, 1.165) is 11.3 Å². The number of methoxy groups -OCH3 is 1. The van der Waals surface area contributed by atoms with E-state index in [1.807, 2.05) is 18.2 Å². The van der Waals surface area contributed by atoms with Gasteiger partial charge in [-0.15, -0.1) is 0 Å². The smallest absolute Gasteiger partial charge is 0.239 e. The monoisotopic (exact) mass is 368 g/mol. The van der Waals surface area contributed by atoms with Crippen LogP contribution in [0.3, 0.4) is 0 Å². The van der Waals surface area contributed by atoms with Crippen molar-refractivity contribution in [2.75, 3.05) is 32.1 Å². The zero-order valence-electron chi connectivity index (χ0n) is 15.4. The van der Waals surface area contributed by atoms with Gasteiger partial charge in [0.1, 0.15) is 11.6 Å². The molecule has 2 aliphatic heterocycles. The highest BCUT2D eigenvalue weighted by Crippen LogP contribution is 2.48. The zero-order valence-corrected chi connectivity index (χ0v) is 15.4. The van der Waals surface area contributed by atoms with E-state index in [0.29, 0.717) is 30.8 Å². The van der Waals surface area contributed by atoms with E-state index in [9.17, 15) is 14.0 Å². The molecule has 0 radical (unpaired) electrons. The van der Waals surface area contributed by atoms with Crippen molar-refractivity contribution in [2.24, 2.45) is 0 Å². The summed E-state index contributed by atoms with van der Waals surface area (Å²) < 4.78 is 18.7. The molecular formula is C21H21FN2O3. The first kappa shape index (κ1) is 17.5. The van der Waals surface area contributed by atoms with E-state index in [1.165, 1.54) is 12.1 Å². The van der Waals surface area contributed by atoms with Crippen molar-refractivity contribution in [1.82, 2.24) is 4.90 Å². The van der Waals surface area contributed by atoms with Gasteiger partial charge in [-0.2, -0.15) is 0 Å². The standard InChI is InChI=1S/C21H21FN2O3/c1-23-18-7-6-16(27-2)12-17(18)21(20(23)26)8-9-24(13-21)19(25)11-14-4-3-5-15(22)10-14/h3-7,10,12H,8-9,11,13H2,1-2H3/t21-/m0/s1. The van der Waals surface area contributed by atoms with Gasteiger partial charge in [0, 0.05) is 25.8 Å². The number of carbonyl (C=O) groups excluding carboxylic acids is 2. The summed E-state index contributed by atoms with van der Waals surface area (Å²) in [7, 11) is 3.36. The summed E-state index contributed by atoms with van der Waals surface area (Å²) >= 11 is 0. The molecule has 0 unspecified atom stereocenters. The first-order valence-electron chi connectivity index (χ1n) is 8.93. The Hall–Kier alpha value is -2.89. The molecular weight excluding hydrogens is 347 g/mol. The van der Waals surface area contributed by atoms with Gasteiger partial charge in [0.05, 0.1) is 18.9 Å². The number of fused-ring (bicyclic) bond motifs is 2. The molecule has 5 nitrogen and oxygen atoms in total. The highest BCUT2D eigenvalue weighted by Gasteiger charge is 2.54. The normalized spacial score (nSPS) is 21.1. The van der Waals surface area contributed by atoms with Crippen LogP contribution in [0.15, 0.2) is 42.5 Å². The molecule has 2 aliphatic rings. The highest BCUT2D eigenvalue weighted by molar-refractivity contribution is 6.08. The second-order valence-corrected chi connectivity index (χ2v) is 7.20. The lowest BCUT2D eigenvalue weighted by Crippen LogP contribution is -2.42. The summed E-state index contributed by atoms with van der Waals surface area (Å²) in [6.07, 6.45) is 0.702. The van der Waals surface area contributed by atoms with Crippen LogP contribution in [0.1, 0.15) is 17.5 Å². The van der Waals surface area contributed by atoms with Crippen molar-refractivity contribution in [3.63, 3.8) is 0 Å². The van der Waals surface area contributed by atoms with Gasteiger partial charge in [0.15, 0.2) is 0 Å². The van der Waals surface area contributed by atoms with Crippen molar-refractivity contribution in [2.45, 2.75) is 18.3 Å². The quantitative estimate of drug-likeness (QED) is 0.837. The second kappa shape index (κ2) is 6.37. The number of benzene rings is 2. The summed E-state index contributed by atoms with van der Waals surface area (Å²) in [4.78, 5) is 29.2. The molecule has 2 aromatic rings. The lowest BCUT2D eigenvalue weighted by Gasteiger charge is -2.23. The molecule has 1 spiro atoms. The van der Waals surface area contributed by atoms with Crippen LogP contribution in [0.2, 0.25) is 0 Å². The first-order chi connectivity index (χ1) is 12.9. The second-order valence-electron chi connectivity index (χ2n) is 7.20. The molecule has 2 aromatic carbocycles. The third kappa shape index (κ3) is 2.76. The van der Waals surface area contributed by atoms with Crippen LogP contribution in [0.4, 0.5) is 10.1 Å². The van der Waals surface area contributed by atoms with Gasteiger partial charge in [0.25, 0.3) is 0 Å². The molecule has 1 saturated heterocycles.